The normalized spacial score (nSPS) is 16.1. The van der Waals surface area contributed by atoms with Crippen LogP contribution in [0.5, 0.6) is 0 Å². The van der Waals surface area contributed by atoms with Gasteiger partial charge in [-0.1, -0.05) is 42.5 Å². The number of alkyl halides is 3. The summed E-state index contributed by atoms with van der Waals surface area (Å²) in [6.07, 6.45) is 19.0. The lowest BCUT2D eigenvalue weighted by Crippen LogP contribution is -2.23. The number of aromatic nitrogens is 12. The molecule has 4 aliphatic heterocycles. The Bertz CT molecular complexity index is 6280. The van der Waals surface area contributed by atoms with Crippen molar-refractivity contribution in [2.45, 2.75) is 106 Å². The van der Waals surface area contributed by atoms with Crippen LogP contribution in [0.15, 0.2) is 172 Å². The van der Waals surface area contributed by atoms with Gasteiger partial charge in [-0.25, -0.2) is 58.3 Å². The SMILES string of the molecule is CCn1nc(C)c(S(=O)(=O)n2cc(C3=CCN(C)CC3)c3cc(C(F)(F)F)ccc32)c1C.CCn1nc(C)c(S(=O)(=O)n2cc(C3=CCN(C)CC3)c3cc(F)ccc32)c1C.CN1CC=C(c2cn(S(=O)(=O)c3cnn(C)c3)c3ccc(F)cc23)CC1.CN1CC=C(c2cn(S(=O)(=O)c3cnn(C)c3)c3ccccc23)CC1. The zero-order valence-corrected chi connectivity index (χ0v) is 67.5. The van der Waals surface area contributed by atoms with Crippen molar-refractivity contribution in [3.8, 4) is 0 Å². The maximum Gasteiger partial charge on any atom is 0.416 e. The molecule has 0 radical (unpaired) electrons. The Balaban J connectivity index is 0.000000131. The number of fused-ring (bicyclic) bond motifs is 4. The third-order valence-corrected chi connectivity index (χ3v) is 28.1. The molecule has 33 heteroatoms. The Labute approximate surface area is 648 Å². The fraction of sp³-hybridized carbons (Fsp3) is 0.342. The maximum absolute atomic E-state index is 14.1. The van der Waals surface area contributed by atoms with E-state index in [1.807, 2.05) is 65.3 Å². The van der Waals surface area contributed by atoms with Crippen LogP contribution in [0.1, 0.15) is 90.1 Å². The van der Waals surface area contributed by atoms with Crippen LogP contribution in [0, 0.1) is 39.3 Å². The Morgan fingerprint density at radius 3 is 1.04 bits per heavy atom. The summed E-state index contributed by atoms with van der Waals surface area (Å²) >= 11 is 0. The first-order valence-corrected chi connectivity index (χ1v) is 42.3. The van der Waals surface area contributed by atoms with Gasteiger partial charge in [0.2, 0.25) is 0 Å². The average Bonchev–Trinajstić information content (AvgIpc) is 1.60. The van der Waals surface area contributed by atoms with Crippen molar-refractivity contribution in [3.63, 3.8) is 0 Å². The predicted octanol–water partition coefficient (Wildman–Crippen LogP) is 12.8. The topological polar surface area (TPSA) is 241 Å². The van der Waals surface area contributed by atoms with Crippen molar-refractivity contribution in [3.05, 3.63) is 215 Å². The van der Waals surface area contributed by atoms with Crippen LogP contribution in [0.4, 0.5) is 22.0 Å². The number of likely N-dealkylation sites (N-methyl/N-ethyl adjacent to an activating group) is 4. The molecule has 12 aromatic rings. The van der Waals surface area contributed by atoms with Gasteiger partial charge in [-0.05, 0) is 178 Å². The molecule has 8 aromatic heterocycles. The van der Waals surface area contributed by atoms with Gasteiger partial charge in [0.15, 0.2) is 0 Å². The van der Waals surface area contributed by atoms with Crippen LogP contribution in [0.3, 0.4) is 0 Å². The van der Waals surface area contributed by atoms with E-state index in [-0.39, 0.29) is 42.1 Å². The molecule has 0 bridgehead atoms. The monoisotopic (exact) mass is 1610 g/mol. The van der Waals surface area contributed by atoms with Crippen LogP contribution >= 0.6 is 0 Å². The smallest absolute Gasteiger partial charge is 0.302 e. The van der Waals surface area contributed by atoms with E-state index >= 15 is 0 Å². The van der Waals surface area contributed by atoms with E-state index in [4.69, 9.17) is 0 Å². The van der Waals surface area contributed by atoms with Crippen molar-refractivity contribution < 1.29 is 55.6 Å². The summed E-state index contributed by atoms with van der Waals surface area (Å²) in [5.41, 5.74) is 10.2. The molecular formula is C79H89F5N16O8S4. The maximum atomic E-state index is 14.1. The van der Waals surface area contributed by atoms with E-state index in [1.165, 1.54) is 100 Å². The van der Waals surface area contributed by atoms with Gasteiger partial charge in [0.25, 0.3) is 40.1 Å². The van der Waals surface area contributed by atoms with Crippen molar-refractivity contribution >= 4 is 106 Å². The van der Waals surface area contributed by atoms with E-state index < -0.39 is 51.8 Å². The summed E-state index contributed by atoms with van der Waals surface area (Å²) in [4.78, 5) is 9.29. The standard InChI is InChI=1S/C22H25F3N4O2S.C21H25FN4O2S.C18H19FN4O2S.C18H20N4O2S/c1-5-28-15(3)21(14(2)26-28)32(30,31)29-13-19(16-8-10-27(4)11-9-16)18-12-17(22(23,24)25)6-7-20(18)29;1-5-25-15(3)21(14(2)23-25)29(27,28)26-13-19(16-8-10-24(4)11-9-16)18-12-17(22)6-7-20(18)26;1-21-7-5-13(6-8-21)17-12-23(18-4-3-14(19)9-16(17)18)26(24,25)15-10-20-22(2)11-15;1-20-9-7-14(8-10-20)17-13-22(18-6-4-3-5-16(17)18)25(23,24)15-11-19-21(2)12-15/h6-8,12-13H,5,9-11H2,1-4H3;6-8,12-13H,5,9-11H2,1-4H3;3-5,9-12H,6-8H2,1-2H3;3-7,11-13H,8-10H2,1-2H3. The first-order chi connectivity index (χ1) is 53.0. The first-order valence-electron chi connectivity index (χ1n) is 36.5. The Morgan fingerprint density at radius 1 is 0.402 bits per heavy atom. The molecule has 12 heterocycles. The van der Waals surface area contributed by atoms with Crippen LogP contribution in [0.25, 0.3) is 65.9 Å². The summed E-state index contributed by atoms with van der Waals surface area (Å²) < 4.78 is 187. The molecule has 592 valence electrons. The molecule has 0 atom stereocenters. The van der Waals surface area contributed by atoms with Crippen LogP contribution < -0.4 is 0 Å². The highest BCUT2D eigenvalue weighted by Crippen LogP contribution is 2.41. The minimum atomic E-state index is -4.52. The summed E-state index contributed by atoms with van der Waals surface area (Å²) in [6, 6.07) is 19.3. The highest BCUT2D eigenvalue weighted by atomic mass is 32.2. The highest BCUT2D eigenvalue weighted by molar-refractivity contribution is 7.91. The summed E-state index contributed by atoms with van der Waals surface area (Å²) in [7, 11) is -3.97. The zero-order chi connectivity index (χ0) is 80.4. The highest BCUT2D eigenvalue weighted by Gasteiger charge is 2.36. The number of rotatable bonds is 14. The molecule has 0 N–H and O–H groups in total. The number of para-hydroxylation sites is 1. The van der Waals surface area contributed by atoms with Gasteiger partial charge in [0.1, 0.15) is 31.2 Å². The van der Waals surface area contributed by atoms with Gasteiger partial charge in [-0.2, -0.15) is 33.6 Å². The van der Waals surface area contributed by atoms with Crippen LogP contribution in [0.2, 0.25) is 0 Å². The lowest BCUT2D eigenvalue weighted by molar-refractivity contribution is -0.137. The van der Waals surface area contributed by atoms with Crippen molar-refractivity contribution in [2.75, 3.05) is 80.5 Å². The Morgan fingerprint density at radius 2 is 0.723 bits per heavy atom. The molecule has 0 saturated heterocycles. The third kappa shape index (κ3) is 15.5. The second kappa shape index (κ2) is 31.2. The van der Waals surface area contributed by atoms with Gasteiger partial charge >= 0.3 is 6.18 Å². The third-order valence-electron chi connectivity index (χ3n) is 21.0. The second-order valence-electron chi connectivity index (χ2n) is 28.7. The van der Waals surface area contributed by atoms with E-state index in [9.17, 15) is 55.6 Å². The number of aryl methyl sites for hydroxylation is 6. The lowest BCUT2D eigenvalue weighted by Gasteiger charge is -2.21. The number of benzene rings is 4. The molecule has 24 nitrogen and oxygen atoms in total. The largest absolute Gasteiger partial charge is 0.416 e. The molecule has 4 aromatic carbocycles. The molecule has 0 aliphatic carbocycles. The molecular weight excluding hydrogens is 1520 g/mol. The Kier molecular flexibility index (Phi) is 22.4. The minimum absolute atomic E-state index is 0.0834. The molecule has 0 spiro atoms. The van der Waals surface area contributed by atoms with Gasteiger partial charge in [0.05, 0.1) is 62.8 Å². The van der Waals surface area contributed by atoms with Gasteiger partial charge in [-0.3, -0.25) is 18.7 Å². The predicted molar refractivity (Wildman–Crippen MR) is 425 cm³/mol. The van der Waals surface area contributed by atoms with Crippen LogP contribution in [-0.4, -0.2) is 189 Å². The summed E-state index contributed by atoms with van der Waals surface area (Å²) in [5, 5.41) is 19.1. The van der Waals surface area contributed by atoms with E-state index in [2.05, 4.69) is 65.3 Å². The zero-order valence-electron chi connectivity index (χ0n) is 64.3. The fourth-order valence-electron chi connectivity index (χ4n) is 15.0. The molecule has 0 amide bonds. The second-order valence-corrected chi connectivity index (χ2v) is 35.9. The first kappa shape index (κ1) is 80.2. The van der Waals surface area contributed by atoms with Gasteiger partial charge < -0.3 is 19.6 Å². The molecule has 0 unspecified atom stereocenters. The van der Waals surface area contributed by atoms with Gasteiger partial charge in [-0.15, -0.1) is 0 Å². The van der Waals surface area contributed by atoms with Crippen molar-refractivity contribution in [1.29, 1.82) is 0 Å². The average molecular weight is 1610 g/mol. The Hall–Kier alpha value is -9.87. The summed E-state index contributed by atoms with van der Waals surface area (Å²) in [5.74, 6) is -0.766. The minimum Gasteiger partial charge on any atom is -0.302 e. The molecule has 16 rings (SSSR count). The number of nitrogens with zero attached hydrogens (tertiary/aromatic N) is 16. The number of hydrogen-bond donors (Lipinski definition) is 0. The van der Waals surface area contributed by atoms with E-state index in [0.717, 1.165) is 120 Å². The van der Waals surface area contributed by atoms with Crippen LogP contribution in [-0.2, 0) is 73.5 Å². The van der Waals surface area contributed by atoms with Crippen molar-refractivity contribution in [1.82, 2.24) is 74.6 Å². The fourth-order valence-corrected chi connectivity index (χ4v) is 21.2. The molecule has 112 heavy (non-hydrogen) atoms. The van der Waals surface area contributed by atoms with Gasteiger partial charge in [0, 0.05) is 161 Å². The molecule has 4 aliphatic rings. The quantitative estimate of drug-likeness (QED) is 0.0919. The van der Waals surface area contributed by atoms with Crippen molar-refractivity contribution in [2.24, 2.45) is 14.1 Å². The van der Waals surface area contributed by atoms with E-state index in [0.29, 0.717) is 81.7 Å². The number of halogens is 5. The number of hydrogen-bond acceptors (Lipinski definition) is 16. The van der Waals surface area contributed by atoms with E-state index in [1.54, 1.807) is 69.7 Å². The molecule has 0 fully saturated rings. The lowest BCUT2D eigenvalue weighted by atomic mass is 9.98. The molecule has 0 saturated carbocycles. The summed E-state index contributed by atoms with van der Waals surface area (Å²) in [6.45, 7) is 18.2.